The Morgan fingerprint density at radius 1 is 1.22 bits per heavy atom. The van der Waals surface area contributed by atoms with Crippen LogP contribution in [-0.4, -0.2) is 56.0 Å². The standard InChI is InChI=1S/C26H26ClFN3O9P/c1-16(23(34)37-14-17-8-4-3-5-9-17)31(41(36)40-19-11-7-6-10-18(19)27)38-15-20-22(33)26(2,28)24(39-20)30-13-12-21(32)29-25(30)35/h3-13,16,20,22,24,33H,14-15H2,1-2H3/p+1/t16?,20-,22-,24-,26-/m1/s1. The molecule has 1 aliphatic rings. The quantitative estimate of drug-likeness (QED) is 0.188. The highest BCUT2D eigenvalue weighted by molar-refractivity contribution is 7.36. The van der Waals surface area contributed by atoms with Crippen molar-refractivity contribution >= 4 is 25.7 Å². The van der Waals surface area contributed by atoms with Gasteiger partial charge in [-0.2, -0.15) is 0 Å². The van der Waals surface area contributed by atoms with E-state index >= 15 is 4.39 Å². The molecular formula is C26H27ClFN3O9P+. The van der Waals surface area contributed by atoms with Gasteiger partial charge in [0.05, 0.1) is 9.86 Å². The van der Waals surface area contributed by atoms with Crippen LogP contribution in [0.15, 0.2) is 76.4 Å². The number of aromatic nitrogens is 2. The molecule has 12 nitrogen and oxygen atoms in total. The molecule has 6 atom stereocenters. The summed E-state index contributed by atoms with van der Waals surface area (Å²) in [5.74, 6) is -0.777. The third kappa shape index (κ3) is 7.07. The number of H-pyrrole nitrogens is 1. The van der Waals surface area contributed by atoms with E-state index in [9.17, 15) is 24.1 Å². The predicted molar refractivity (Wildman–Crippen MR) is 144 cm³/mol. The highest BCUT2D eigenvalue weighted by Crippen LogP contribution is 2.42. The molecule has 41 heavy (non-hydrogen) atoms. The van der Waals surface area contributed by atoms with Gasteiger partial charge in [-0.1, -0.05) is 54.1 Å². The average Bonchev–Trinajstić information content (AvgIpc) is 3.17. The molecule has 0 spiro atoms. The average molecular weight is 611 g/mol. The number of nitrogens with one attached hydrogen (secondary N) is 1. The number of alkyl halides is 1. The Balaban J connectivity index is 1.51. The first-order chi connectivity index (χ1) is 19.5. The van der Waals surface area contributed by atoms with Gasteiger partial charge in [-0.3, -0.25) is 24.0 Å². The number of carbonyl (C=O) groups excluding carboxylic acids is 1. The summed E-state index contributed by atoms with van der Waals surface area (Å²) in [6.07, 6.45) is -3.82. The molecule has 2 aromatic carbocycles. The van der Waals surface area contributed by atoms with Gasteiger partial charge in [-0.15, -0.1) is 0 Å². The highest BCUT2D eigenvalue weighted by Gasteiger charge is 2.56. The highest BCUT2D eigenvalue weighted by atomic mass is 35.5. The van der Waals surface area contributed by atoms with Crippen LogP contribution in [0.1, 0.15) is 25.6 Å². The molecule has 0 amide bonds. The monoisotopic (exact) mass is 610 g/mol. The molecule has 4 rings (SSSR count). The van der Waals surface area contributed by atoms with Gasteiger partial charge < -0.3 is 14.6 Å². The number of aliphatic hydroxyl groups is 1. The first kappa shape index (κ1) is 30.5. The number of para-hydroxylation sites is 1. The number of halogens is 2. The third-order valence-corrected chi connectivity index (χ3v) is 7.71. The SMILES string of the molecule is CC(C(=O)OCc1ccccc1)N(OC[C@H]1O[C@@H](n2ccc(=O)[nH]c2=O)[C@](C)(F)[C@@H]1O)[P+](=O)Oc1ccccc1Cl. The van der Waals surface area contributed by atoms with E-state index in [2.05, 4.69) is 0 Å². The molecule has 0 saturated carbocycles. The van der Waals surface area contributed by atoms with E-state index in [1.807, 2.05) is 4.98 Å². The van der Waals surface area contributed by atoms with Gasteiger partial charge in [0.2, 0.25) is 5.75 Å². The Labute approximate surface area is 239 Å². The zero-order chi connectivity index (χ0) is 29.7. The second kappa shape index (κ2) is 13.0. The summed E-state index contributed by atoms with van der Waals surface area (Å²) in [5, 5.41) is 10.8. The van der Waals surface area contributed by atoms with E-state index in [-0.39, 0.29) is 17.4 Å². The van der Waals surface area contributed by atoms with Crippen LogP contribution >= 0.6 is 19.8 Å². The van der Waals surface area contributed by atoms with Gasteiger partial charge >= 0.3 is 19.8 Å². The lowest BCUT2D eigenvalue weighted by atomic mass is 9.98. The molecule has 1 aliphatic heterocycles. The molecule has 1 saturated heterocycles. The van der Waals surface area contributed by atoms with Gasteiger partial charge in [0.1, 0.15) is 25.4 Å². The van der Waals surface area contributed by atoms with Crippen LogP contribution in [-0.2, 0) is 30.3 Å². The van der Waals surface area contributed by atoms with Crippen LogP contribution in [0.4, 0.5) is 4.39 Å². The maximum absolute atomic E-state index is 15.6. The number of esters is 1. The van der Waals surface area contributed by atoms with Crippen LogP contribution in [0.5, 0.6) is 5.75 Å². The normalized spacial score (nSPS) is 23.3. The van der Waals surface area contributed by atoms with E-state index in [1.165, 1.54) is 19.1 Å². The molecule has 218 valence electrons. The first-order valence-corrected chi connectivity index (χ1v) is 13.9. The second-order valence-electron chi connectivity index (χ2n) is 9.27. The molecule has 0 bridgehead atoms. The number of ether oxygens (including phenoxy) is 2. The molecule has 2 N–H and O–H groups in total. The number of nitrogens with zero attached hydrogens (tertiary/aromatic N) is 2. The molecule has 3 aromatic rings. The van der Waals surface area contributed by atoms with Crippen LogP contribution < -0.4 is 15.8 Å². The Kier molecular flexibility index (Phi) is 9.69. The fourth-order valence-corrected chi connectivity index (χ4v) is 5.17. The first-order valence-electron chi connectivity index (χ1n) is 12.4. The fraction of sp³-hybridized carbons (Fsp3) is 0.346. The van der Waals surface area contributed by atoms with Crippen molar-refractivity contribution in [3.63, 3.8) is 0 Å². The summed E-state index contributed by atoms with van der Waals surface area (Å²) < 4.78 is 46.0. The fourth-order valence-electron chi connectivity index (χ4n) is 4.00. The molecular weight excluding hydrogens is 584 g/mol. The molecule has 0 aliphatic carbocycles. The molecule has 2 unspecified atom stereocenters. The topological polar surface area (TPSA) is 149 Å². The number of hydrogen-bond acceptors (Lipinski definition) is 9. The smallest absolute Gasteiger partial charge is 0.459 e. The van der Waals surface area contributed by atoms with E-state index in [4.69, 9.17) is 30.4 Å². The third-order valence-electron chi connectivity index (χ3n) is 6.26. The lowest BCUT2D eigenvalue weighted by Gasteiger charge is -2.24. The van der Waals surface area contributed by atoms with Crippen molar-refractivity contribution < 1.29 is 37.7 Å². The van der Waals surface area contributed by atoms with Crippen LogP contribution in [0.3, 0.4) is 0 Å². The Bertz CT molecular complexity index is 1500. The van der Waals surface area contributed by atoms with Crippen LogP contribution in [0.2, 0.25) is 5.02 Å². The minimum absolute atomic E-state index is 0.0414. The number of aliphatic hydroxyl groups excluding tert-OH is 1. The Morgan fingerprint density at radius 2 is 1.90 bits per heavy atom. The number of rotatable bonds is 11. The van der Waals surface area contributed by atoms with E-state index in [1.54, 1.807) is 42.5 Å². The number of benzene rings is 2. The summed E-state index contributed by atoms with van der Waals surface area (Å²) in [5.41, 5.74) is -3.44. The number of aromatic amines is 1. The summed E-state index contributed by atoms with van der Waals surface area (Å²) in [4.78, 5) is 44.9. The molecule has 0 radical (unpaired) electrons. The minimum atomic E-state index is -2.95. The van der Waals surface area contributed by atoms with Crippen molar-refractivity contribution in [1.29, 1.82) is 0 Å². The zero-order valence-corrected chi connectivity index (χ0v) is 23.5. The predicted octanol–water partition coefficient (Wildman–Crippen LogP) is 3.28. The van der Waals surface area contributed by atoms with Crippen molar-refractivity contribution in [3.8, 4) is 5.75 Å². The summed E-state index contributed by atoms with van der Waals surface area (Å²) in [6, 6.07) is 14.7. The van der Waals surface area contributed by atoms with Crippen molar-refractivity contribution in [2.24, 2.45) is 0 Å². The zero-order valence-electron chi connectivity index (χ0n) is 21.9. The number of hydroxylamine groups is 1. The van der Waals surface area contributed by atoms with Crippen LogP contribution in [0, 0.1) is 0 Å². The number of hydrogen-bond donors (Lipinski definition) is 2. The van der Waals surface area contributed by atoms with Gasteiger partial charge in [0.25, 0.3) is 5.56 Å². The van der Waals surface area contributed by atoms with E-state index < -0.39 is 62.2 Å². The van der Waals surface area contributed by atoms with Crippen molar-refractivity contribution in [3.05, 3.63) is 98.3 Å². The van der Waals surface area contributed by atoms with Crippen molar-refractivity contribution in [2.45, 2.75) is 50.6 Å². The molecule has 1 fully saturated rings. The maximum atomic E-state index is 15.6. The summed E-state index contributed by atoms with van der Waals surface area (Å²) in [6.45, 7) is 1.69. The molecule has 15 heteroatoms. The van der Waals surface area contributed by atoms with Crippen molar-refractivity contribution in [2.75, 3.05) is 6.61 Å². The summed E-state index contributed by atoms with van der Waals surface area (Å²) in [7, 11) is -2.95. The van der Waals surface area contributed by atoms with E-state index in [0.717, 1.165) is 23.8 Å². The van der Waals surface area contributed by atoms with Gasteiger partial charge in [0.15, 0.2) is 17.9 Å². The second-order valence-corrected chi connectivity index (χ2v) is 10.7. The minimum Gasteiger partial charge on any atom is -0.459 e. The maximum Gasteiger partial charge on any atom is 0.693 e. The largest absolute Gasteiger partial charge is 0.693 e. The lowest BCUT2D eigenvalue weighted by molar-refractivity contribution is -0.181. The lowest BCUT2D eigenvalue weighted by Crippen LogP contribution is -2.44. The van der Waals surface area contributed by atoms with Gasteiger partial charge in [-0.05, 0) is 31.5 Å². The Morgan fingerprint density at radius 3 is 2.59 bits per heavy atom. The summed E-state index contributed by atoms with van der Waals surface area (Å²) >= 11 is 6.11. The van der Waals surface area contributed by atoms with Crippen LogP contribution in [0.25, 0.3) is 0 Å². The van der Waals surface area contributed by atoms with E-state index in [0.29, 0.717) is 10.4 Å². The molecule has 1 aromatic heterocycles. The van der Waals surface area contributed by atoms with Gasteiger partial charge in [-0.25, -0.2) is 13.7 Å². The van der Waals surface area contributed by atoms with Gasteiger partial charge in [0, 0.05) is 16.8 Å². The van der Waals surface area contributed by atoms with Crippen molar-refractivity contribution in [1.82, 2.24) is 14.4 Å². The Hall–Kier alpha value is -3.45. The number of carbonyl (C=O) groups is 1. The molecule has 2 heterocycles.